The predicted molar refractivity (Wildman–Crippen MR) is 42.4 cm³/mol. The highest BCUT2D eigenvalue weighted by atomic mass is 16.4. The van der Waals surface area contributed by atoms with E-state index >= 15 is 0 Å². The lowest BCUT2D eigenvalue weighted by Gasteiger charge is -2.07. The van der Waals surface area contributed by atoms with Crippen molar-refractivity contribution in [3.63, 3.8) is 0 Å². The molecule has 0 aromatic rings. The van der Waals surface area contributed by atoms with E-state index in [-0.39, 0.29) is 6.04 Å². The second-order valence-electron chi connectivity index (χ2n) is 2.86. The summed E-state index contributed by atoms with van der Waals surface area (Å²) in [5, 5.41) is 11.6. The molecule has 1 unspecified atom stereocenters. The van der Waals surface area contributed by atoms with Gasteiger partial charge in [-0.05, 0) is 19.3 Å². The average molecular weight is 155 g/mol. The molecule has 3 heteroatoms. The van der Waals surface area contributed by atoms with Gasteiger partial charge in [0.2, 0.25) is 0 Å². The Hall–Kier alpha value is -0.830. The van der Waals surface area contributed by atoms with Crippen LogP contribution in [0.25, 0.3) is 0 Å². The molecule has 62 valence electrons. The van der Waals surface area contributed by atoms with Crippen LogP contribution >= 0.6 is 0 Å². The predicted octanol–water partition coefficient (Wildman–Crippen LogP) is 0.768. The lowest BCUT2D eigenvalue weighted by molar-refractivity contribution is -0.139. The smallest absolute Gasteiger partial charge is 0.320 e. The number of aliphatic carboxylic acids is 1. The minimum absolute atomic E-state index is 0.327. The summed E-state index contributed by atoms with van der Waals surface area (Å²) in [7, 11) is 0. The maximum absolute atomic E-state index is 10.5. The van der Waals surface area contributed by atoms with E-state index in [2.05, 4.69) is 11.9 Å². The molecule has 1 fully saturated rings. The zero-order valence-corrected chi connectivity index (χ0v) is 6.42. The van der Waals surface area contributed by atoms with Crippen LogP contribution in [0.2, 0.25) is 0 Å². The summed E-state index contributed by atoms with van der Waals surface area (Å²) in [5.41, 5.74) is 0. The minimum Gasteiger partial charge on any atom is -0.480 e. The topological polar surface area (TPSA) is 49.3 Å². The first kappa shape index (κ1) is 8.27. The van der Waals surface area contributed by atoms with E-state index in [1.165, 1.54) is 0 Å². The van der Waals surface area contributed by atoms with Crippen LogP contribution in [0.5, 0.6) is 0 Å². The number of nitrogens with one attached hydrogen (secondary N) is 1. The van der Waals surface area contributed by atoms with E-state index in [9.17, 15) is 4.79 Å². The van der Waals surface area contributed by atoms with Crippen molar-refractivity contribution >= 4 is 5.97 Å². The fourth-order valence-corrected chi connectivity index (χ4v) is 1.40. The fraction of sp³-hybridized carbons (Fsp3) is 0.625. The average Bonchev–Trinajstić information content (AvgIpc) is 2.37. The maximum Gasteiger partial charge on any atom is 0.320 e. The summed E-state index contributed by atoms with van der Waals surface area (Å²) in [6.45, 7) is 3.61. The van der Waals surface area contributed by atoms with Gasteiger partial charge in [0.05, 0.1) is 0 Å². The number of carboxylic acid groups (broad SMARTS) is 1. The number of hydrogen-bond acceptors (Lipinski definition) is 2. The highest BCUT2D eigenvalue weighted by molar-refractivity contribution is 5.73. The highest BCUT2D eigenvalue weighted by Crippen LogP contribution is 2.14. The summed E-state index contributed by atoms with van der Waals surface area (Å²) >= 11 is 0. The quantitative estimate of drug-likeness (QED) is 0.592. The summed E-state index contributed by atoms with van der Waals surface area (Å²) in [6, 6.07) is -0.00597. The van der Waals surface area contributed by atoms with Gasteiger partial charge in [0.15, 0.2) is 0 Å². The van der Waals surface area contributed by atoms with Gasteiger partial charge in [0, 0.05) is 6.04 Å². The maximum atomic E-state index is 10.5. The van der Waals surface area contributed by atoms with E-state index in [1.807, 2.05) is 6.08 Å². The van der Waals surface area contributed by atoms with Gasteiger partial charge in [-0.25, -0.2) is 0 Å². The summed E-state index contributed by atoms with van der Waals surface area (Å²) in [6.07, 6.45) is 4.38. The van der Waals surface area contributed by atoms with Gasteiger partial charge < -0.3 is 10.4 Å². The van der Waals surface area contributed by atoms with E-state index in [0.29, 0.717) is 6.04 Å². The molecule has 0 radical (unpaired) electrons. The van der Waals surface area contributed by atoms with Gasteiger partial charge in [-0.1, -0.05) is 6.08 Å². The Morgan fingerprint density at radius 3 is 2.91 bits per heavy atom. The molecule has 0 spiro atoms. The standard InChI is InChI=1S/C8H13NO2/c1-2-3-6-4-5-7(9-6)8(10)11/h2,6-7,9H,1,3-5H2,(H,10,11)/t6?,7-/m0/s1. The van der Waals surface area contributed by atoms with Crippen molar-refractivity contribution in [3.05, 3.63) is 12.7 Å². The van der Waals surface area contributed by atoms with Crippen molar-refractivity contribution in [2.45, 2.75) is 31.3 Å². The van der Waals surface area contributed by atoms with Crippen LogP contribution in [0.1, 0.15) is 19.3 Å². The van der Waals surface area contributed by atoms with Crippen molar-refractivity contribution in [1.29, 1.82) is 0 Å². The zero-order chi connectivity index (χ0) is 8.27. The Morgan fingerprint density at radius 2 is 2.45 bits per heavy atom. The van der Waals surface area contributed by atoms with Crippen molar-refractivity contribution in [2.75, 3.05) is 0 Å². The van der Waals surface area contributed by atoms with Crippen LogP contribution in [0, 0.1) is 0 Å². The monoisotopic (exact) mass is 155 g/mol. The van der Waals surface area contributed by atoms with Crippen molar-refractivity contribution in [3.8, 4) is 0 Å². The Labute approximate surface area is 66.1 Å². The first-order valence-electron chi connectivity index (χ1n) is 3.83. The Bertz CT molecular complexity index is 167. The first-order valence-corrected chi connectivity index (χ1v) is 3.83. The number of rotatable bonds is 3. The van der Waals surface area contributed by atoms with E-state index in [1.54, 1.807) is 0 Å². The number of hydrogen-bond donors (Lipinski definition) is 2. The molecule has 1 heterocycles. The Balaban J connectivity index is 2.34. The van der Waals surface area contributed by atoms with E-state index in [0.717, 1.165) is 19.3 Å². The largest absolute Gasteiger partial charge is 0.480 e. The highest BCUT2D eigenvalue weighted by Gasteiger charge is 2.27. The molecule has 1 rings (SSSR count). The summed E-state index contributed by atoms with van der Waals surface area (Å²) < 4.78 is 0. The Kier molecular flexibility index (Phi) is 2.65. The van der Waals surface area contributed by atoms with Crippen molar-refractivity contribution in [2.24, 2.45) is 0 Å². The molecule has 2 atom stereocenters. The number of carboxylic acids is 1. The van der Waals surface area contributed by atoms with Crippen LogP contribution in [0.3, 0.4) is 0 Å². The van der Waals surface area contributed by atoms with Gasteiger partial charge in [0.1, 0.15) is 6.04 Å². The third-order valence-electron chi connectivity index (χ3n) is 1.99. The minimum atomic E-state index is -0.739. The van der Waals surface area contributed by atoms with Crippen LogP contribution in [-0.4, -0.2) is 23.2 Å². The van der Waals surface area contributed by atoms with Gasteiger partial charge in [-0.3, -0.25) is 4.79 Å². The van der Waals surface area contributed by atoms with Gasteiger partial charge in [-0.15, -0.1) is 6.58 Å². The zero-order valence-electron chi connectivity index (χ0n) is 6.42. The van der Waals surface area contributed by atoms with Crippen LogP contribution in [0.15, 0.2) is 12.7 Å². The molecule has 0 saturated carbocycles. The van der Waals surface area contributed by atoms with E-state index < -0.39 is 5.97 Å². The fourth-order valence-electron chi connectivity index (χ4n) is 1.40. The third-order valence-corrected chi connectivity index (χ3v) is 1.99. The molecule has 0 bridgehead atoms. The molecule has 0 aromatic carbocycles. The molecule has 0 aliphatic carbocycles. The SMILES string of the molecule is C=CCC1CC[C@@H](C(=O)O)N1. The molecule has 1 aliphatic heterocycles. The van der Waals surface area contributed by atoms with Gasteiger partial charge in [0.25, 0.3) is 0 Å². The summed E-state index contributed by atoms with van der Waals surface area (Å²) in [5.74, 6) is -0.739. The van der Waals surface area contributed by atoms with Crippen LogP contribution in [-0.2, 0) is 4.79 Å². The third kappa shape index (κ3) is 2.05. The lowest BCUT2D eigenvalue weighted by atomic mass is 10.1. The normalized spacial score (nSPS) is 30.2. The second-order valence-corrected chi connectivity index (χ2v) is 2.86. The number of carbonyl (C=O) groups is 1. The van der Waals surface area contributed by atoms with Crippen molar-refractivity contribution < 1.29 is 9.90 Å². The Morgan fingerprint density at radius 1 is 1.73 bits per heavy atom. The van der Waals surface area contributed by atoms with Crippen LogP contribution in [0.4, 0.5) is 0 Å². The molecule has 11 heavy (non-hydrogen) atoms. The van der Waals surface area contributed by atoms with E-state index in [4.69, 9.17) is 5.11 Å². The molecular weight excluding hydrogens is 142 g/mol. The first-order chi connectivity index (χ1) is 5.24. The molecule has 1 aliphatic rings. The summed E-state index contributed by atoms with van der Waals surface area (Å²) in [4.78, 5) is 10.5. The molecule has 3 nitrogen and oxygen atoms in total. The van der Waals surface area contributed by atoms with Crippen molar-refractivity contribution in [1.82, 2.24) is 5.32 Å². The molecule has 1 saturated heterocycles. The molecular formula is C8H13NO2. The van der Waals surface area contributed by atoms with Crippen LogP contribution < -0.4 is 5.32 Å². The van der Waals surface area contributed by atoms with Gasteiger partial charge in [-0.2, -0.15) is 0 Å². The van der Waals surface area contributed by atoms with Gasteiger partial charge >= 0.3 is 5.97 Å². The second kappa shape index (κ2) is 3.53. The molecule has 2 N–H and O–H groups in total. The molecule has 0 amide bonds. The molecule has 0 aromatic heterocycles. The lowest BCUT2D eigenvalue weighted by Crippen LogP contribution is -2.34.